The third kappa shape index (κ3) is 3.86. The molecule has 0 unspecified atom stereocenters. The summed E-state index contributed by atoms with van der Waals surface area (Å²) < 4.78 is 1.72. The fraction of sp³-hybridized carbons (Fsp3) is 0.348. The molecule has 3 aromatic rings. The van der Waals surface area contributed by atoms with Gasteiger partial charge in [0.2, 0.25) is 5.91 Å². The van der Waals surface area contributed by atoms with Crippen LogP contribution in [0.3, 0.4) is 0 Å². The zero-order valence-electron chi connectivity index (χ0n) is 18.3. The van der Waals surface area contributed by atoms with Gasteiger partial charge in [0.25, 0.3) is 11.8 Å². The molecule has 1 aliphatic carbocycles. The van der Waals surface area contributed by atoms with Crippen molar-refractivity contribution in [3.63, 3.8) is 0 Å². The molecule has 2 aliphatic heterocycles. The van der Waals surface area contributed by atoms with Gasteiger partial charge in [-0.2, -0.15) is 9.61 Å². The van der Waals surface area contributed by atoms with Crippen molar-refractivity contribution >= 4 is 46.6 Å². The Kier molecular flexibility index (Phi) is 4.96. The molecule has 4 N–H and O–H groups in total. The zero-order valence-corrected chi connectivity index (χ0v) is 19.1. The van der Waals surface area contributed by atoms with Gasteiger partial charge in [-0.3, -0.25) is 19.7 Å². The smallest absolute Gasteiger partial charge is 0.263 e. The average Bonchev–Trinajstić information content (AvgIpc) is 3.18. The minimum Gasteiger partial charge on any atom is -0.367 e. The number of nitrogens with two attached hydrogens (primary N) is 1. The number of anilines is 1. The molecule has 3 amide bonds. The van der Waals surface area contributed by atoms with Gasteiger partial charge < -0.3 is 16.0 Å². The second kappa shape index (κ2) is 8.03. The van der Waals surface area contributed by atoms with Crippen molar-refractivity contribution in [2.75, 3.05) is 18.4 Å². The molecule has 10 nitrogen and oxygen atoms in total. The number of carbonyl (C=O) groups excluding carboxylic acids is 3. The van der Waals surface area contributed by atoms with E-state index in [2.05, 4.69) is 15.7 Å². The summed E-state index contributed by atoms with van der Waals surface area (Å²) in [6.07, 6.45) is 6.36. The Morgan fingerprint density at radius 2 is 2.12 bits per heavy atom. The first-order chi connectivity index (χ1) is 16.4. The second-order valence-corrected chi connectivity index (χ2v) is 9.91. The molecule has 0 bridgehead atoms. The molecule has 11 heteroatoms. The quantitative estimate of drug-likeness (QED) is 0.376. The molecule has 34 heavy (non-hydrogen) atoms. The Morgan fingerprint density at radius 1 is 1.26 bits per heavy atom. The van der Waals surface area contributed by atoms with Crippen LogP contribution in [0.1, 0.15) is 40.9 Å². The Hall–Kier alpha value is -3.57. The van der Waals surface area contributed by atoms with Crippen LogP contribution in [0.15, 0.2) is 29.3 Å². The average molecular weight is 478 g/mol. The molecule has 6 rings (SSSR count). The minimum atomic E-state index is -0.389. The number of nitrogens with one attached hydrogen (secondary N) is 2. The molecule has 3 aromatic heterocycles. The van der Waals surface area contributed by atoms with Crippen molar-refractivity contribution in [2.45, 2.75) is 37.8 Å². The van der Waals surface area contributed by atoms with Crippen LogP contribution in [0.2, 0.25) is 0 Å². The number of likely N-dealkylation sites (tertiary alicyclic amines) is 1. The molecule has 1 saturated carbocycles. The van der Waals surface area contributed by atoms with Gasteiger partial charge in [0.15, 0.2) is 5.65 Å². The van der Waals surface area contributed by atoms with Crippen LogP contribution in [0.25, 0.3) is 23.0 Å². The van der Waals surface area contributed by atoms with Crippen LogP contribution in [0, 0.1) is 0 Å². The van der Waals surface area contributed by atoms with Crippen LogP contribution in [-0.4, -0.2) is 62.4 Å². The lowest BCUT2D eigenvalue weighted by atomic mass is 10.1. The number of imide groups is 1. The third-order valence-electron chi connectivity index (χ3n) is 6.27. The molecule has 1 atom stereocenters. The molecule has 5 heterocycles. The number of rotatable bonds is 5. The molecule has 2 saturated heterocycles. The van der Waals surface area contributed by atoms with E-state index in [1.807, 2.05) is 17.5 Å². The summed E-state index contributed by atoms with van der Waals surface area (Å²) in [6, 6.07) is 4.23. The number of thiophene rings is 1. The number of aromatic nitrogens is 3. The summed E-state index contributed by atoms with van der Waals surface area (Å²) in [5, 5.41) is 12.2. The monoisotopic (exact) mass is 477 g/mol. The predicted molar refractivity (Wildman–Crippen MR) is 127 cm³/mol. The lowest BCUT2D eigenvalue weighted by molar-refractivity contribution is -0.124. The Bertz CT molecular complexity index is 1370. The first kappa shape index (κ1) is 21.0. The van der Waals surface area contributed by atoms with Crippen molar-refractivity contribution < 1.29 is 14.4 Å². The lowest BCUT2D eigenvalue weighted by Gasteiger charge is -2.14. The van der Waals surface area contributed by atoms with E-state index in [1.54, 1.807) is 21.7 Å². The van der Waals surface area contributed by atoms with Gasteiger partial charge in [0.05, 0.1) is 23.2 Å². The normalized spacial score (nSPS) is 21.6. The largest absolute Gasteiger partial charge is 0.367 e. The summed E-state index contributed by atoms with van der Waals surface area (Å²) in [6.45, 7) is 1.26. The first-order valence-corrected chi connectivity index (χ1v) is 12.2. The topological polar surface area (TPSA) is 135 Å². The van der Waals surface area contributed by atoms with Crippen molar-refractivity contribution in [1.82, 2.24) is 24.8 Å². The SMILES string of the molecule is N[C@@H]1CCN(C(=O)c2cc(-c3cc(NC4CC4)n4ncc(/C=C5\CC(=O)NC5=O)c4n3)cs2)C1. The Morgan fingerprint density at radius 3 is 2.82 bits per heavy atom. The van der Waals surface area contributed by atoms with Gasteiger partial charge in [0.1, 0.15) is 5.82 Å². The molecule has 174 valence electrons. The number of fused-ring (bicyclic) bond motifs is 1. The Labute approximate surface area is 198 Å². The van der Waals surface area contributed by atoms with Gasteiger partial charge >= 0.3 is 0 Å². The van der Waals surface area contributed by atoms with Crippen LogP contribution in [-0.2, 0) is 9.59 Å². The number of nitrogens with zero attached hydrogens (tertiary/aromatic N) is 4. The molecule has 0 aromatic carbocycles. The molecular formula is C23H23N7O3S. The fourth-order valence-corrected chi connectivity index (χ4v) is 5.16. The van der Waals surface area contributed by atoms with Gasteiger partial charge in [-0.05, 0) is 31.4 Å². The highest BCUT2D eigenvalue weighted by Gasteiger charge is 2.27. The summed E-state index contributed by atoms with van der Waals surface area (Å²) in [4.78, 5) is 43.8. The van der Waals surface area contributed by atoms with Crippen LogP contribution in [0.4, 0.5) is 5.82 Å². The molecular weight excluding hydrogens is 454 g/mol. The summed E-state index contributed by atoms with van der Waals surface area (Å²) >= 11 is 1.39. The Balaban J connectivity index is 1.38. The van der Waals surface area contributed by atoms with Crippen molar-refractivity contribution in [1.29, 1.82) is 0 Å². The van der Waals surface area contributed by atoms with E-state index in [9.17, 15) is 14.4 Å². The van der Waals surface area contributed by atoms with E-state index >= 15 is 0 Å². The van der Waals surface area contributed by atoms with E-state index < -0.39 is 0 Å². The van der Waals surface area contributed by atoms with E-state index in [0.717, 1.165) is 30.6 Å². The van der Waals surface area contributed by atoms with Gasteiger partial charge in [-0.25, -0.2) is 4.98 Å². The minimum absolute atomic E-state index is 0.00621. The number of hydrogen-bond acceptors (Lipinski definition) is 8. The van der Waals surface area contributed by atoms with Crippen molar-refractivity contribution in [3.8, 4) is 11.3 Å². The summed E-state index contributed by atoms with van der Waals surface area (Å²) in [5.74, 6) is 0.0864. The van der Waals surface area contributed by atoms with Crippen LogP contribution >= 0.6 is 11.3 Å². The molecule has 3 fully saturated rings. The number of carbonyl (C=O) groups is 3. The van der Waals surface area contributed by atoms with Crippen molar-refractivity contribution in [3.05, 3.63) is 39.7 Å². The molecule has 0 spiro atoms. The van der Waals surface area contributed by atoms with Crippen molar-refractivity contribution in [2.24, 2.45) is 5.73 Å². The summed E-state index contributed by atoms with van der Waals surface area (Å²) in [7, 11) is 0. The molecule has 0 radical (unpaired) electrons. The lowest BCUT2D eigenvalue weighted by Crippen LogP contribution is -2.31. The highest BCUT2D eigenvalue weighted by Crippen LogP contribution is 2.32. The third-order valence-corrected chi connectivity index (χ3v) is 7.19. The predicted octanol–water partition coefficient (Wildman–Crippen LogP) is 1.64. The maximum Gasteiger partial charge on any atom is 0.263 e. The van der Waals surface area contributed by atoms with Gasteiger partial charge in [0, 0.05) is 53.3 Å². The summed E-state index contributed by atoms with van der Waals surface area (Å²) in [5.41, 5.74) is 9.12. The van der Waals surface area contributed by atoms with Gasteiger partial charge in [-0.15, -0.1) is 11.3 Å². The highest BCUT2D eigenvalue weighted by atomic mass is 32.1. The standard InChI is InChI=1S/C23H23N7O3S/c24-15-3-4-29(10-15)23(33)18-6-14(11-34-18)17-8-19(26-16-1-2-16)30-21(27-17)13(9-25-30)5-12-7-20(31)28-22(12)32/h5-6,8-9,11,15-16,26H,1-4,7,10,24H2,(H,28,31,32)/b12-5+/t15-/m1/s1. The maximum atomic E-state index is 12.9. The van der Waals surface area contributed by atoms with E-state index in [-0.39, 0.29) is 30.2 Å². The number of hydrogen-bond donors (Lipinski definition) is 3. The second-order valence-electron chi connectivity index (χ2n) is 9.00. The zero-order chi connectivity index (χ0) is 23.4. The number of amides is 3. The van der Waals surface area contributed by atoms with Gasteiger partial charge in [-0.1, -0.05) is 0 Å². The van der Waals surface area contributed by atoms with Crippen LogP contribution in [0.5, 0.6) is 0 Å². The van der Waals surface area contributed by atoms with E-state index in [0.29, 0.717) is 46.5 Å². The van der Waals surface area contributed by atoms with E-state index in [4.69, 9.17) is 10.7 Å². The van der Waals surface area contributed by atoms with Crippen LogP contribution < -0.4 is 16.4 Å². The fourth-order valence-electron chi connectivity index (χ4n) is 4.29. The molecule has 3 aliphatic rings. The highest BCUT2D eigenvalue weighted by molar-refractivity contribution is 7.12. The first-order valence-electron chi connectivity index (χ1n) is 11.3. The van der Waals surface area contributed by atoms with E-state index in [1.165, 1.54) is 11.3 Å². The maximum absolute atomic E-state index is 12.9.